The maximum Gasteiger partial charge on any atom is 0.224 e. The largest absolute Gasteiger partial charge is 0.366 e. The molecule has 1 aromatic carbocycles. The van der Waals surface area contributed by atoms with E-state index in [0.29, 0.717) is 38.4 Å². The van der Waals surface area contributed by atoms with Crippen LogP contribution in [0.25, 0.3) is 0 Å². The summed E-state index contributed by atoms with van der Waals surface area (Å²) in [7, 11) is -3.30. The highest BCUT2D eigenvalue weighted by Crippen LogP contribution is 2.20. The van der Waals surface area contributed by atoms with E-state index in [9.17, 15) is 17.6 Å². The molecule has 1 aromatic rings. The Labute approximate surface area is 155 Å². The lowest BCUT2D eigenvalue weighted by atomic mass is 10.2. The molecule has 1 fully saturated rings. The molecule has 0 N–H and O–H groups in total. The predicted octanol–water partition coefficient (Wildman–Crippen LogP) is 1.93. The van der Waals surface area contributed by atoms with E-state index in [4.69, 9.17) is 0 Å². The maximum absolute atomic E-state index is 13.9. The number of carbonyl (C=O) groups is 1. The number of rotatable bonds is 8. The van der Waals surface area contributed by atoms with Crippen molar-refractivity contribution in [1.29, 1.82) is 0 Å². The molecule has 0 aliphatic carbocycles. The summed E-state index contributed by atoms with van der Waals surface area (Å²) in [4.78, 5) is 16.1. The molecule has 1 heterocycles. The quantitative estimate of drug-likeness (QED) is 0.686. The van der Waals surface area contributed by atoms with Crippen molar-refractivity contribution in [1.82, 2.24) is 9.21 Å². The molecule has 0 bridgehead atoms. The van der Waals surface area contributed by atoms with Crippen molar-refractivity contribution >= 4 is 21.6 Å². The number of carbonyl (C=O) groups excluding carboxylic acids is 1. The maximum atomic E-state index is 13.9. The second kappa shape index (κ2) is 9.32. The molecule has 0 aromatic heterocycles. The summed E-state index contributed by atoms with van der Waals surface area (Å²) in [6, 6.07) is 6.63. The lowest BCUT2D eigenvalue weighted by Gasteiger charge is -2.36. The van der Waals surface area contributed by atoms with Gasteiger partial charge in [0.15, 0.2) is 0 Å². The molecule has 6 nitrogen and oxygen atoms in total. The third-order valence-corrected chi connectivity index (χ3v) is 5.93. The standard InChI is InChI=1S/C18H28FN3O3S/c1-3-4-10-22(26(2,24)25)11-9-18(23)21-14-12-20(13-15-21)17-8-6-5-7-16(17)19/h5-8H,3-4,9-15H2,1-2H3. The first kappa shape index (κ1) is 20.6. The number of halogens is 1. The van der Waals surface area contributed by atoms with Crippen LogP contribution in [0.2, 0.25) is 0 Å². The van der Waals surface area contributed by atoms with E-state index in [1.165, 1.54) is 16.6 Å². The van der Waals surface area contributed by atoms with Crippen molar-refractivity contribution in [2.75, 3.05) is 50.4 Å². The summed E-state index contributed by atoms with van der Waals surface area (Å²) in [5.41, 5.74) is 0.558. The van der Waals surface area contributed by atoms with Crippen LogP contribution in [0.4, 0.5) is 10.1 Å². The van der Waals surface area contributed by atoms with E-state index in [1.807, 2.05) is 11.8 Å². The Morgan fingerprint density at radius 1 is 1.15 bits per heavy atom. The Bertz CT molecular complexity index is 703. The molecule has 1 aliphatic rings. The van der Waals surface area contributed by atoms with Crippen molar-refractivity contribution in [2.24, 2.45) is 0 Å². The fourth-order valence-corrected chi connectivity index (χ4v) is 3.94. The number of nitrogens with zero attached hydrogens (tertiary/aromatic N) is 3. The van der Waals surface area contributed by atoms with Crippen LogP contribution < -0.4 is 4.90 Å². The van der Waals surface area contributed by atoms with Crippen molar-refractivity contribution in [3.63, 3.8) is 0 Å². The first-order valence-electron chi connectivity index (χ1n) is 9.05. The van der Waals surface area contributed by atoms with Crippen LogP contribution in [0.15, 0.2) is 24.3 Å². The summed E-state index contributed by atoms with van der Waals surface area (Å²) in [5, 5.41) is 0. The second-order valence-corrected chi connectivity index (χ2v) is 8.57. The lowest BCUT2D eigenvalue weighted by molar-refractivity contribution is -0.131. The van der Waals surface area contributed by atoms with Gasteiger partial charge in [-0.3, -0.25) is 4.79 Å². The Kier molecular flexibility index (Phi) is 7.40. The minimum Gasteiger partial charge on any atom is -0.366 e. The van der Waals surface area contributed by atoms with Crippen molar-refractivity contribution in [2.45, 2.75) is 26.2 Å². The van der Waals surface area contributed by atoms with Gasteiger partial charge in [0.05, 0.1) is 11.9 Å². The van der Waals surface area contributed by atoms with Crippen LogP contribution in [0.1, 0.15) is 26.2 Å². The summed E-state index contributed by atoms with van der Waals surface area (Å²) in [5.74, 6) is -0.310. The third kappa shape index (κ3) is 5.67. The van der Waals surface area contributed by atoms with Gasteiger partial charge in [0.25, 0.3) is 0 Å². The molecule has 1 amide bonds. The van der Waals surface area contributed by atoms with Crippen molar-refractivity contribution in [3.8, 4) is 0 Å². The fraction of sp³-hybridized carbons (Fsp3) is 0.611. The zero-order chi connectivity index (χ0) is 19.2. The minimum absolute atomic E-state index is 0.0525. The number of para-hydroxylation sites is 1. The first-order chi connectivity index (χ1) is 12.3. The first-order valence-corrected chi connectivity index (χ1v) is 10.9. The molecule has 0 saturated carbocycles. The lowest BCUT2D eigenvalue weighted by Crippen LogP contribution is -2.49. The Morgan fingerprint density at radius 2 is 1.81 bits per heavy atom. The monoisotopic (exact) mass is 385 g/mol. The summed E-state index contributed by atoms with van der Waals surface area (Å²) in [6.07, 6.45) is 3.04. The number of unbranched alkanes of at least 4 members (excludes halogenated alkanes) is 1. The van der Waals surface area contributed by atoms with E-state index in [2.05, 4.69) is 0 Å². The molecule has 0 atom stereocenters. The van der Waals surface area contributed by atoms with E-state index >= 15 is 0 Å². The van der Waals surface area contributed by atoms with E-state index in [0.717, 1.165) is 12.8 Å². The van der Waals surface area contributed by atoms with Crippen LogP contribution in [0.5, 0.6) is 0 Å². The number of hydrogen-bond donors (Lipinski definition) is 0. The fourth-order valence-electron chi connectivity index (χ4n) is 3.06. The van der Waals surface area contributed by atoms with Gasteiger partial charge in [-0.25, -0.2) is 17.1 Å². The Balaban J connectivity index is 1.85. The molecule has 1 saturated heterocycles. The molecule has 2 rings (SSSR count). The van der Waals surface area contributed by atoms with E-state index in [1.54, 1.807) is 23.1 Å². The third-order valence-electron chi connectivity index (χ3n) is 4.63. The van der Waals surface area contributed by atoms with Crippen LogP contribution in [-0.4, -0.2) is 69.1 Å². The number of anilines is 1. The average Bonchev–Trinajstić information content (AvgIpc) is 2.61. The number of benzene rings is 1. The summed E-state index contributed by atoms with van der Waals surface area (Å²) in [6.45, 7) is 4.83. The second-order valence-electron chi connectivity index (χ2n) is 6.58. The average molecular weight is 386 g/mol. The predicted molar refractivity (Wildman–Crippen MR) is 101 cm³/mol. The highest BCUT2D eigenvalue weighted by Gasteiger charge is 2.24. The van der Waals surface area contributed by atoms with Crippen molar-refractivity contribution in [3.05, 3.63) is 30.1 Å². The molecule has 8 heteroatoms. The zero-order valence-corrected chi connectivity index (χ0v) is 16.3. The Hall–Kier alpha value is -1.67. The molecule has 0 spiro atoms. The van der Waals surface area contributed by atoms with Crippen LogP contribution in [0.3, 0.4) is 0 Å². The Morgan fingerprint density at radius 3 is 2.38 bits per heavy atom. The topological polar surface area (TPSA) is 60.9 Å². The van der Waals surface area contributed by atoms with Gasteiger partial charge in [0.1, 0.15) is 5.82 Å². The number of hydrogen-bond acceptors (Lipinski definition) is 4. The van der Waals surface area contributed by atoms with Gasteiger partial charge in [0.2, 0.25) is 15.9 Å². The molecular weight excluding hydrogens is 357 g/mol. The van der Waals surface area contributed by atoms with Crippen molar-refractivity contribution < 1.29 is 17.6 Å². The smallest absolute Gasteiger partial charge is 0.224 e. The normalized spacial score (nSPS) is 15.5. The van der Waals surface area contributed by atoms with Crippen LogP contribution in [0, 0.1) is 5.82 Å². The number of amides is 1. The number of sulfonamides is 1. The van der Waals surface area contributed by atoms with E-state index < -0.39 is 10.0 Å². The van der Waals surface area contributed by atoms with E-state index in [-0.39, 0.29) is 24.7 Å². The molecule has 0 radical (unpaired) electrons. The van der Waals surface area contributed by atoms with Gasteiger partial charge in [-0.1, -0.05) is 25.5 Å². The zero-order valence-electron chi connectivity index (χ0n) is 15.5. The molecule has 146 valence electrons. The molecular formula is C18H28FN3O3S. The summed E-state index contributed by atoms with van der Waals surface area (Å²) < 4.78 is 38.9. The molecule has 1 aliphatic heterocycles. The van der Waals surface area contributed by atoms with Gasteiger partial charge in [-0.15, -0.1) is 0 Å². The molecule has 0 unspecified atom stereocenters. The summed E-state index contributed by atoms with van der Waals surface area (Å²) >= 11 is 0. The highest BCUT2D eigenvalue weighted by molar-refractivity contribution is 7.88. The SMILES string of the molecule is CCCCN(CCC(=O)N1CCN(c2ccccc2F)CC1)S(C)(=O)=O. The van der Waals surface area contributed by atoms with Gasteiger partial charge in [-0.05, 0) is 18.6 Å². The van der Waals surface area contributed by atoms with Gasteiger partial charge in [-0.2, -0.15) is 0 Å². The van der Waals surface area contributed by atoms with Gasteiger partial charge < -0.3 is 9.80 Å². The van der Waals surface area contributed by atoms with Gasteiger partial charge >= 0.3 is 0 Å². The van der Waals surface area contributed by atoms with Crippen LogP contribution >= 0.6 is 0 Å². The molecule has 26 heavy (non-hydrogen) atoms. The van der Waals surface area contributed by atoms with Crippen LogP contribution in [-0.2, 0) is 14.8 Å². The van der Waals surface area contributed by atoms with Gasteiger partial charge in [0, 0.05) is 45.7 Å². The number of piperazine rings is 1. The minimum atomic E-state index is -3.30. The highest BCUT2D eigenvalue weighted by atomic mass is 32.2.